The summed E-state index contributed by atoms with van der Waals surface area (Å²) in [5.74, 6) is 0.663. The summed E-state index contributed by atoms with van der Waals surface area (Å²) >= 11 is 0. The van der Waals surface area contributed by atoms with Crippen LogP contribution in [0, 0.1) is 5.92 Å². The van der Waals surface area contributed by atoms with E-state index in [0.29, 0.717) is 12.5 Å². The number of alkyl halides is 2. The van der Waals surface area contributed by atoms with E-state index in [0.717, 1.165) is 0 Å². The number of hydrogen-bond acceptors (Lipinski definition) is 3. The van der Waals surface area contributed by atoms with E-state index in [9.17, 15) is 13.9 Å². The lowest BCUT2D eigenvalue weighted by Crippen LogP contribution is -2.33. The third-order valence-electron chi connectivity index (χ3n) is 2.04. The Morgan fingerprint density at radius 3 is 2.64 bits per heavy atom. The van der Waals surface area contributed by atoms with Gasteiger partial charge in [0.2, 0.25) is 0 Å². The van der Waals surface area contributed by atoms with Crippen LogP contribution in [0.4, 0.5) is 8.78 Å². The zero-order valence-electron chi connectivity index (χ0n) is 8.09. The summed E-state index contributed by atoms with van der Waals surface area (Å²) in [5.41, 5.74) is 0. The Hall–Kier alpha value is -0.260. The van der Waals surface area contributed by atoms with E-state index in [1.807, 2.05) is 0 Å². The smallest absolute Gasteiger partial charge is 0.250 e. The molecule has 1 unspecified atom stereocenters. The molecular formula is C9H17F2NO2. The zero-order valence-corrected chi connectivity index (χ0v) is 8.09. The lowest BCUT2D eigenvalue weighted by molar-refractivity contribution is 0.0302. The number of nitrogens with one attached hydrogen (secondary N) is 1. The maximum Gasteiger partial charge on any atom is 0.250 e. The fourth-order valence-electron chi connectivity index (χ4n) is 1.07. The van der Waals surface area contributed by atoms with E-state index < -0.39 is 12.5 Å². The first-order valence-corrected chi connectivity index (χ1v) is 4.93. The second kappa shape index (κ2) is 6.27. The van der Waals surface area contributed by atoms with Crippen molar-refractivity contribution in [3.05, 3.63) is 0 Å². The minimum Gasteiger partial charge on any atom is -0.389 e. The van der Waals surface area contributed by atoms with Gasteiger partial charge in [0.15, 0.2) is 0 Å². The Morgan fingerprint density at radius 2 is 2.07 bits per heavy atom. The van der Waals surface area contributed by atoms with Crippen LogP contribution in [0.2, 0.25) is 0 Å². The number of rotatable bonds is 8. The van der Waals surface area contributed by atoms with Crippen molar-refractivity contribution >= 4 is 0 Å². The quantitative estimate of drug-likeness (QED) is 0.616. The monoisotopic (exact) mass is 209 g/mol. The van der Waals surface area contributed by atoms with Gasteiger partial charge < -0.3 is 15.2 Å². The van der Waals surface area contributed by atoms with Crippen LogP contribution >= 0.6 is 0 Å². The molecule has 3 nitrogen and oxygen atoms in total. The summed E-state index contributed by atoms with van der Waals surface area (Å²) in [7, 11) is 0. The molecule has 0 aliphatic heterocycles. The van der Waals surface area contributed by atoms with Crippen LogP contribution in [0.5, 0.6) is 0 Å². The highest BCUT2D eigenvalue weighted by molar-refractivity contribution is 4.72. The number of ether oxygens (including phenoxy) is 1. The van der Waals surface area contributed by atoms with Gasteiger partial charge in [0.05, 0.1) is 19.3 Å². The number of aliphatic hydroxyl groups excluding tert-OH is 1. The van der Waals surface area contributed by atoms with E-state index in [1.54, 1.807) is 0 Å². The molecule has 0 aromatic rings. The third kappa shape index (κ3) is 6.23. The highest BCUT2D eigenvalue weighted by Crippen LogP contribution is 2.28. The minimum atomic E-state index is -2.37. The van der Waals surface area contributed by atoms with E-state index in [4.69, 9.17) is 4.74 Å². The van der Waals surface area contributed by atoms with E-state index in [-0.39, 0.29) is 19.7 Å². The van der Waals surface area contributed by atoms with Gasteiger partial charge in [-0.05, 0) is 18.8 Å². The van der Waals surface area contributed by atoms with Gasteiger partial charge in [0, 0.05) is 13.2 Å². The van der Waals surface area contributed by atoms with Gasteiger partial charge in [-0.2, -0.15) is 0 Å². The number of halogens is 2. The van der Waals surface area contributed by atoms with E-state index in [1.165, 1.54) is 12.8 Å². The molecule has 1 fully saturated rings. The van der Waals surface area contributed by atoms with Crippen molar-refractivity contribution in [2.24, 2.45) is 5.92 Å². The average molecular weight is 209 g/mol. The van der Waals surface area contributed by atoms with Gasteiger partial charge in [-0.3, -0.25) is 0 Å². The Balaban J connectivity index is 1.84. The van der Waals surface area contributed by atoms with Crippen LogP contribution in [0.25, 0.3) is 0 Å². The normalized spacial score (nSPS) is 18.9. The second-order valence-corrected chi connectivity index (χ2v) is 3.68. The van der Waals surface area contributed by atoms with Crippen molar-refractivity contribution in [2.45, 2.75) is 25.4 Å². The first-order valence-electron chi connectivity index (χ1n) is 4.93. The lowest BCUT2D eigenvalue weighted by Gasteiger charge is -2.11. The molecule has 14 heavy (non-hydrogen) atoms. The molecule has 0 spiro atoms. The van der Waals surface area contributed by atoms with E-state index >= 15 is 0 Å². The third-order valence-corrected chi connectivity index (χ3v) is 2.04. The maximum absolute atomic E-state index is 11.7. The van der Waals surface area contributed by atoms with Crippen molar-refractivity contribution < 1.29 is 18.6 Å². The fourth-order valence-corrected chi connectivity index (χ4v) is 1.07. The topological polar surface area (TPSA) is 41.5 Å². The largest absolute Gasteiger partial charge is 0.389 e. The number of aliphatic hydroxyl groups is 1. The Kier molecular flexibility index (Phi) is 5.29. The first-order chi connectivity index (χ1) is 6.68. The summed E-state index contributed by atoms with van der Waals surface area (Å²) in [4.78, 5) is 0. The summed E-state index contributed by atoms with van der Waals surface area (Å²) in [6.07, 6.45) is -0.638. The van der Waals surface area contributed by atoms with Crippen molar-refractivity contribution in [1.29, 1.82) is 0 Å². The average Bonchev–Trinajstić information content (AvgIpc) is 2.87. The predicted octanol–water partition coefficient (Wildman–Crippen LogP) is 0.629. The summed E-state index contributed by atoms with van der Waals surface area (Å²) in [6.45, 7) is 0.702. The van der Waals surface area contributed by atoms with Gasteiger partial charge >= 0.3 is 0 Å². The number of hydrogen-bond donors (Lipinski definition) is 2. The standard InChI is InChI=1S/C9H17F2NO2/c10-9(11)4-12-3-8(13)6-14-5-7-1-2-7/h7-9,12-13H,1-6H2. The Bertz CT molecular complexity index is 146. The van der Waals surface area contributed by atoms with Crippen LogP contribution in [-0.4, -0.2) is 43.9 Å². The molecule has 1 rings (SSSR count). The fraction of sp³-hybridized carbons (Fsp3) is 1.00. The predicted molar refractivity (Wildman–Crippen MR) is 48.4 cm³/mol. The highest BCUT2D eigenvalue weighted by Gasteiger charge is 2.21. The Labute approximate surface area is 82.4 Å². The molecule has 1 atom stereocenters. The Morgan fingerprint density at radius 1 is 1.36 bits per heavy atom. The molecule has 5 heteroatoms. The van der Waals surface area contributed by atoms with Crippen molar-refractivity contribution in [1.82, 2.24) is 5.32 Å². The van der Waals surface area contributed by atoms with Crippen LogP contribution < -0.4 is 5.32 Å². The summed E-state index contributed by atoms with van der Waals surface area (Å²) < 4.78 is 28.6. The van der Waals surface area contributed by atoms with Crippen LogP contribution in [0.3, 0.4) is 0 Å². The second-order valence-electron chi connectivity index (χ2n) is 3.68. The lowest BCUT2D eigenvalue weighted by atomic mass is 10.3. The molecule has 2 N–H and O–H groups in total. The molecule has 0 bridgehead atoms. The SMILES string of the molecule is OC(CNCC(F)F)COCC1CC1. The van der Waals surface area contributed by atoms with Gasteiger partial charge in [-0.15, -0.1) is 0 Å². The van der Waals surface area contributed by atoms with Crippen LogP contribution in [-0.2, 0) is 4.74 Å². The van der Waals surface area contributed by atoms with Crippen molar-refractivity contribution in [3.8, 4) is 0 Å². The molecule has 0 saturated heterocycles. The molecule has 0 amide bonds. The highest BCUT2D eigenvalue weighted by atomic mass is 19.3. The summed E-state index contributed by atoms with van der Waals surface area (Å²) in [6, 6.07) is 0. The molecular weight excluding hydrogens is 192 g/mol. The van der Waals surface area contributed by atoms with Gasteiger partial charge in [0.25, 0.3) is 6.43 Å². The minimum absolute atomic E-state index is 0.162. The van der Waals surface area contributed by atoms with Crippen molar-refractivity contribution in [2.75, 3.05) is 26.3 Å². The maximum atomic E-state index is 11.7. The molecule has 1 aliphatic rings. The van der Waals surface area contributed by atoms with Gasteiger partial charge in [0.1, 0.15) is 0 Å². The zero-order chi connectivity index (χ0) is 10.4. The first kappa shape index (κ1) is 11.8. The molecule has 0 aromatic carbocycles. The molecule has 0 aromatic heterocycles. The molecule has 1 aliphatic carbocycles. The molecule has 84 valence electrons. The van der Waals surface area contributed by atoms with Gasteiger partial charge in [-0.1, -0.05) is 0 Å². The molecule has 0 heterocycles. The van der Waals surface area contributed by atoms with Crippen LogP contribution in [0.1, 0.15) is 12.8 Å². The van der Waals surface area contributed by atoms with Crippen molar-refractivity contribution in [3.63, 3.8) is 0 Å². The van der Waals surface area contributed by atoms with E-state index in [2.05, 4.69) is 5.32 Å². The molecule has 1 saturated carbocycles. The van der Waals surface area contributed by atoms with Gasteiger partial charge in [-0.25, -0.2) is 8.78 Å². The molecule has 0 radical (unpaired) electrons. The van der Waals surface area contributed by atoms with Crippen LogP contribution in [0.15, 0.2) is 0 Å². The summed E-state index contributed by atoms with van der Waals surface area (Å²) in [5, 5.41) is 11.7.